The minimum Gasteiger partial charge on any atom is -0.480 e. The van der Waals surface area contributed by atoms with Crippen molar-refractivity contribution in [1.82, 2.24) is 15.0 Å². The van der Waals surface area contributed by atoms with Gasteiger partial charge in [-0.3, -0.25) is 9.59 Å². The second kappa shape index (κ2) is 9.54. The fourth-order valence-corrected chi connectivity index (χ4v) is 4.47. The molecule has 0 saturated carbocycles. The van der Waals surface area contributed by atoms with Gasteiger partial charge in [0.1, 0.15) is 16.6 Å². The molecule has 0 aliphatic carbocycles. The molecule has 33 heavy (non-hydrogen) atoms. The first kappa shape index (κ1) is 22.7. The number of rotatable bonds is 7. The Balaban J connectivity index is 1.48. The number of carbonyl (C=O) groups is 1. The highest BCUT2D eigenvalue weighted by Crippen LogP contribution is 2.29. The average Bonchev–Trinajstić information content (AvgIpc) is 2.80. The molecule has 0 spiro atoms. The number of carboxylic acid groups (broad SMARTS) is 1. The summed E-state index contributed by atoms with van der Waals surface area (Å²) in [7, 11) is 0. The Morgan fingerprint density at radius 2 is 1.79 bits per heavy atom. The molecule has 4 rings (SSSR count). The monoisotopic (exact) mass is 463 g/mol. The highest BCUT2D eigenvalue weighted by Gasteiger charge is 2.20. The van der Waals surface area contributed by atoms with Gasteiger partial charge in [0.05, 0.1) is 5.39 Å². The van der Waals surface area contributed by atoms with Gasteiger partial charge in [-0.25, -0.2) is 9.07 Å². The molecule has 1 heterocycles. The van der Waals surface area contributed by atoms with E-state index in [9.17, 15) is 19.1 Å². The number of aryl methyl sites for hydroxylation is 3. The number of benzene rings is 3. The molecule has 0 fully saturated rings. The zero-order chi connectivity index (χ0) is 23.5. The van der Waals surface area contributed by atoms with Crippen LogP contribution >= 0.6 is 11.8 Å². The van der Waals surface area contributed by atoms with Crippen LogP contribution in [0.25, 0.3) is 22.0 Å². The number of nitrogens with zero attached hydrogens (tertiary/aromatic N) is 3. The summed E-state index contributed by atoms with van der Waals surface area (Å²) in [5, 5.41) is 17.5. The highest BCUT2D eigenvalue weighted by molar-refractivity contribution is 8.00. The van der Waals surface area contributed by atoms with Gasteiger partial charge in [0, 0.05) is 11.4 Å². The summed E-state index contributed by atoms with van der Waals surface area (Å²) >= 11 is 1.20. The maximum Gasteiger partial charge on any atom is 0.317 e. The largest absolute Gasteiger partial charge is 0.480 e. The van der Waals surface area contributed by atoms with Crippen molar-refractivity contribution in [1.29, 1.82) is 0 Å². The van der Waals surface area contributed by atoms with Crippen LogP contribution in [-0.4, -0.2) is 31.3 Å². The summed E-state index contributed by atoms with van der Waals surface area (Å²) in [4.78, 5) is 25.3. The van der Waals surface area contributed by atoms with E-state index in [2.05, 4.69) is 10.3 Å². The number of hydrogen-bond acceptors (Lipinski definition) is 5. The van der Waals surface area contributed by atoms with Gasteiger partial charge in [-0.15, -0.1) is 16.9 Å². The molecule has 0 aliphatic heterocycles. The molecule has 0 radical (unpaired) electrons. The second-order valence-corrected chi connectivity index (χ2v) is 9.09. The van der Waals surface area contributed by atoms with Crippen LogP contribution in [0.3, 0.4) is 0 Å². The van der Waals surface area contributed by atoms with Gasteiger partial charge in [0.2, 0.25) is 0 Å². The molecule has 6 nitrogen and oxygen atoms in total. The van der Waals surface area contributed by atoms with Gasteiger partial charge in [-0.1, -0.05) is 41.6 Å². The minimum atomic E-state index is -0.970. The van der Waals surface area contributed by atoms with Crippen LogP contribution in [0.1, 0.15) is 17.5 Å². The topological polar surface area (TPSA) is 85.1 Å². The molecule has 4 aromatic rings. The Morgan fingerprint density at radius 1 is 1.06 bits per heavy atom. The molecule has 1 atom stereocenters. The Hall–Kier alpha value is -3.52. The van der Waals surface area contributed by atoms with Gasteiger partial charge in [0.25, 0.3) is 5.56 Å². The van der Waals surface area contributed by atoms with Crippen molar-refractivity contribution in [3.8, 4) is 11.1 Å². The lowest BCUT2D eigenvalue weighted by Gasteiger charge is -2.13. The number of halogens is 1. The molecule has 0 amide bonds. The van der Waals surface area contributed by atoms with Crippen molar-refractivity contribution in [3.63, 3.8) is 0 Å². The lowest BCUT2D eigenvalue weighted by Crippen LogP contribution is -2.27. The number of aliphatic carboxylic acids is 1. The van der Waals surface area contributed by atoms with E-state index in [4.69, 9.17) is 0 Å². The van der Waals surface area contributed by atoms with E-state index < -0.39 is 11.2 Å². The van der Waals surface area contributed by atoms with Crippen LogP contribution in [0, 0.1) is 19.7 Å². The number of thioether (sulfide) groups is 1. The Morgan fingerprint density at radius 3 is 2.48 bits per heavy atom. The molecule has 1 unspecified atom stereocenters. The van der Waals surface area contributed by atoms with Crippen molar-refractivity contribution in [3.05, 3.63) is 88.0 Å². The zero-order valence-corrected chi connectivity index (χ0v) is 19.0. The van der Waals surface area contributed by atoms with Crippen molar-refractivity contribution in [2.24, 2.45) is 0 Å². The predicted molar refractivity (Wildman–Crippen MR) is 127 cm³/mol. The molecule has 1 N–H and O–H groups in total. The fourth-order valence-electron chi connectivity index (χ4n) is 3.52. The Kier molecular flexibility index (Phi) is 6.55. The smallest absolute Gasteiger partial charge is 0.317 e. The van der Waals surface area contributed by atoms with Gasteiger partial charge < -0.3 is 5.11 Å². The lowest BCUT2D eigenvalue weighted by atomic mass is 10.0. The van der Waals surface area contributed by atoms with Crippen LogP contribution in [0.15, 0.2) is 70.4 Å². The molecule has 168 valence electrons. The van der Waals surface area contributed by atoms with Gasteiger partial charge in [0.15, 0.2) is 0 Å². The quantitative estimate of drug-likeness (QED) is 0.395. The minimum absolute atomic E-state index is 0.139. The fraction of sp³-hybridized carbons (Fsp3) is 0.200. The molecule has 8 heteroatoms. The SMILES string of the molecule is Cc1ccc(-c2ccc(SC(CCn3nnc4c(C)cccc4c3=O)C(=O)O)cc2)cc1F. The standard InChI is InChI=1S/C25H22FN3O3S/c1-15-6-7-18(14-21(15)26)17-8-10-19(11-9-17)33-22(25(31)32)12-13-29-24(30)20-5-3-4-16(2)23(20)27-28-29/h3-11,14,22H,12-13H2,1-2H3,(H,31,32). The normalized spacial score (nSPS) is 12.1. The van der Waals surface area contributed by atoms with Crippen LogP contribution in [0.2, 0.25) is 0 Å². The van der Waals surface area contributed by atoms with Crippen molar-refractivity contribution < 1.29 is 14.3 Å². The van der Waals surface area contributed by atoms with E-state index in [0.29, 0.717) is 16.5 Å². The summed E-state index contributed by atoms with van der Waals surface area (Å²) in [5.41, 5.74) is 3.32. The van der Waals surface area contributed by atoms with Crippen molar-refractivity contribution in [2.45, 2.75) is 37.0 Å². The summed E-state index contributed by atoms with van der Waals surface area (Å²) in [5.74, 6) is -1.23. The van der Waals surface area contributed by atoms with E-state index in [-0.39, 0.29) is 24.3 Å². The summed E-state index contributed by atoms with van der Waals surface area (Å²) < 4.78 is 15.1. The summed E-state index contributed by atoms with van der Waals surface area (Å²) in [6.07, 6.45) is 0.205. The van der Waals surface area contributed by atoms with Gasteiger partial charge in [-0.2, -0.15) is 0 Å². The number of aromatic nitrogens is 3. The molecule has 0 bridgehead atoms. The molecule has 0 saturated heterocycles. The first-order chi connectivity index (χ1) is 15.8. The molecule has 0 aliphatic rings. The third-order valence-corrected chi connectivity index (χ3v) is 6.74. The summed E-state index contributed by atoms with van der Waals surface area (Å²) in [6.45, 7) is 3.71. The molecular weight excluding hydrogens is 441 g/mol. The third-order valence-electron chi connectivity index (χ3n) is 5.47. The van der Waals surface area contributed by atoms with E-state index in [0.717, 1.165) is 21.6 Å². The Labute approximate surface area is 194 Å². The van der Waals surface area contributed by atoms with Crippen LogP contribution in [-0.2, 0) is 11.3 Å². The molecular formula is C25H22FN3O3S. The van der Waals surface area contributed by atoms with E-state index in [1.165, 1.54) is 22.5 Å². The van der Waals surface area contributed by atoms with Crippen LogP contribution in [0.4, 0.5) is 4.39 Å². The van der Waals surface area contributed by atoms with E-state index in [1.807, 2.05) is 43.3 Å². The number of carboxylic acids is 1. The maximum absolute atomic E-state index is 13.9. The zero-order valence-electron chi connectivity index (χ0n) is 18.2. The van der Waals surface area contributed by atoms with Gasteiger partial charge >= 0.3 is 5.97 Å². The first-order valence-electron chi connectivity index (χ1n) is 10.4. The second-order valence-electron chi connectivity index (χ2n) is 7.81. The van der Waals surface area contributed by atoms with Crippen molar-refractivity contribution in [2.75, 3.05) is 0 Å². The van der Waals surface area contributed by atoms with Crippen LogP contribution in [0.5, 0.6) is 0 Å². The highest BCUT2D eigenvalue weighted by atomic mass is 32.2. The first-order valence-corrected chi connectivity index (χ1v) is 11.3. The summed E-state index contributed by atoms with van der Waals surface area (Å²) in [6, 6.07) is 17.7. The van der Waals surface area contributed by atoms with Crippen LogP contribution < -0.4 is 5.56 Å². The number of hydrogen-bond donors (Lipinski definition) is 1. The van der Waals surface area contributed by atoms with Gasteiger partial charge in [-0.05, 0) is 66.8 Å². The van der Waals surface area contributed by atoms with E-state index >= 15 is 0 Å². The Bertz CT molecular complexity index is 1390. The predicted octanol–water partition coefficient (Wildman–Crippen LogP) is 4.85. The third kappa shape index (κ3) is 4.96. The van der Waals surface area contributed by atoms with E-state index in [1.54, 1.807) is 25.1 Å². The average molecular weight is 464 g/mol. The molecule has 3 aromatic carbocycles. The van der Waals surface area contributed by atoms with Crippen molar-refractivity contribution >= 4 is 28.6 Å². The molecule has 1 aromatic heterocycles. The maximum atomic E-state index is 13.9. The number of fused-ring (bicyclic) bond motifs is 1. The lowest BCUT2D eigenvalue weighted by molar-refractivity contribution is -0.136.